The summed E-state index contributed by atoms with van der Waals surface area (Å²) in [6.45, 7) is 6.29. The molecule has 5 heteroatoms. The largest absolute Gasteiger partial charge is 0.381 e. The molecule has 1 unspecified atom stereocenters. The monoisotopic (exact) mass is 354 g/mol. The average molecular weight is 355 g/mol. The first-order chi connectivity index (χ1) is 11.5. The van der Waals surface area contributed by atoms with Crippen LogP contribution < -0.4 is 0 Å². The van der Waals surface area contributed by atoms with Crippen LogP contribution in [0.15, 0.2) is 24.3 Å². The minimum atomic E-state index is -2.78. The van der Waals surface area contributed by atoms with E-state index in [-0.39, 0.29) is 6.10 Å². The van der Waals surface area contributed by atoms with Crippen molar-refractivity contribution in [2.75, 3.05) is 31.3 Å². The van der Waals surface area contributed by atoms with Gasteiger partial charge in [0.15, 0.2) is 0 Å². The zero-order valence-electron chi connectivity index (χ0n) is 14.9. The fraction of sp³-hybridized carbons (Fsp3) is 0.684. The molecule has 1 fully saturated rings. The maximum atomic E-state index is 11.5. The summed E-state index contributed by atoms with van der Waals surface area (Å²) in [5, 5.41) is 0. The van der Waals surface area contributed by atoms with Gasteiger partial charge in [0.25, 0.3) is 0 Å². The Morgan fingerprint density at radius 3 is 2.62 bits per heavy atom. The van der Waals surface area contributed by atoms with Gasteiger partial charge in [0.2, 0.25) is 0 Å². The van der Waals surface area contributed by atoms with Crippen molar-refractivity contribution >= 4 is 9.84 Å². The number of hydrogen-bond acceptors (Lipinski definition) is 4. The Balaban J connectivity index is 1.74. The van der Waals surface area contributed by atoms with Crippen LogP contribution in [0.25, 0.3) is 0 Å². The van der Waals surface area contributed by atoms with Crippen LogP contribution >= 0.6 is 0 Å². The minimum Gasteiger partial charge on any atom is -0.381 e. The van der Waals surface area contributed by atoms with E-state index < -0.39 is 9.84 Å². The summed E-state index contributed by atoms with van der Waals surface area (Å²) in [7, 11) is -2.78. The van der Waals surface area contributed by atoms with Gasteiger partial charge in [-0.05, 0) is 56.6 Å². The molecule has 1 saturated heterocycles. The van der Waals surface area contributed by atoms with Crippen molar-refractivity contribution in [1.29, 1.82) is 0 Å². The molecule has 1 aromatic rings. The van der Waals surface area contributed by atoms with Gasteiger partial charge in [-0.1, -0.05) is 24.3 Å². The van der Waals surface area contributed by atoms with Crippen molar-refractivity contribution in [3.8, 4) is 0 Å². The molecule has 1 atom stereocenters. The van der Waals surface area contributed by atoms with Crippen LogP contribution in [0, 0.1) is 5.92 Å². The van der Waals surface area contributed by atoms with E-state index in [9.17, 15) is 8.42 Å². The van der Waals surface area contributed by atoms with E-state index >= 15 is 0 Å². The number of sulfone groups is 1. The predicted octanol–water partition coefficient (Wildman–Crippen LogP) is 3.04. The molecule has 0 saturated carbocycles. The highest BCUT2D eigenvalue weighted by molar-refractivity contribution is 7.91. The summed E-state index contributed by atoms with van der Waals surface area (Å²) in [6, 6.07) is 8.59. The normalized spacial score (nSPS) is 19.2. The molecule has 2 rings (SSSR count). The van der Waals surface area contributed by atoms with Gasteiger partial charge < -0.3 is 9.47 Å². The first-order valence-electron chi connectivity index (χ1n) is 8.96. The average Bonchev–Trinajstić information content (AvgIpc) is 2.54. The number of benzene rings is 1. The third-order valence-electron chi connectivity index (χ3n) is 4.54. The van der Waals surface area contributed by atoms with E-state index in [1.165, 1.54) is 11.1 Å². The van der Waals surface area contributed by atoms with Crippen molar-refractivity contribution in [1.82, 2.24) is 0 Å². The van der Waals surface area contributed by atoms with E-state index in [2.05, 4.69) is 31.2 Å². The Bertz CT molecular complexity index is 583. The molecule has 0 N–H and O–H groups in total. The topological polar surface area (TPSA) is 52.6 Å². The van der Waals surface area contributed by atoms with Crippen LogP contribution in [0.5, 0.6) is 0 Å². The summed E-state index contributed by atoms with van der Waals surface area (Å²) in [4.78, 5) is 0. The SMILES string of the molecule is CCOCCc1cccc(CC(C)OCC2CCS(=O)(=O)CC2)c1. The van der Waals surface area contributed by atoms with E-state index in [1.54, 1.807) is 0 Å². The maximum Gasteiger partial charge on any atom is 0.150 e. The van der Waals surface area contributed by atoms with Gasteiger partial charge in [0.1, 0.15) is 9.84 Å². The molecule has 1 aromatic carbocycles. The van der Waals surface area contributed by atoms with Crippen molar-refractivity contribution < 1.29 is 17.9 Å². The Morgan fingerprint density at radius 2 is 1.92 bits per heavy atom. The lowest BCUT2D eigenvalue weighted by atomic mass is 10.0. The molecular weight excluding hydrogens is 324 g/mol. The number of hydrogen-bond donors (Lipinski definition) is 0. The van der Waals surface area contributed by atoms with E-state index in [0.29, 0.717) is 24.0 Å². The molecule has 0 amide bonds. The third-order valence-corrected chi connectivity index (χ3v) is 6.26. The van der Waals surface area contributed by atoms with Crippen LogP contribution in [0.2, 0.25) is 0 Å². The highest BCUT2D eigenvalue weighted by atomic mass is 32.2. The molecule has 0 bridgehead atoms. The minimum absolute atomic E-state index is 0.144. The van der Waals surface area contributed by atoms with Gasteiger partial charge in [0.05, 0.1) is 24.2 Å². The molecule has 1 heterocycles. The van der Waals surface area contributed by atoms with Gasteiger partial charge in [-0.15, -0.1) is 0 Å². The first kappa shape index (κ1) is 19.4. The second-order valence-electron chi connectivity index (χ2n) is 6.71. The van der Waals surface area contributed by atoms with Crippen molar-refractivity contribution in [2.45, 2.75) is 45.6 Å². The standard InChI is InChI=1S/C19H30O4S/c1-3-22-10-7-17-5-4-6-19(14-17)13-16(2)23-15-18-8-11-24(20,21)12-9-18/h4-6,14,16,18H,3,7-13,15H2,1-2H3. The zero-order chi connectivity index (χ0) is 17.4. The zero-order valence-corrected chi connectivity index (χ0v) is 15.7. The first-order valence-corrected chi connectivity index (χ1v) is 10.8. The summed E-state index contributed by atoms with van der Waals surface area (Å²) in [5.41, 5.74) is 2.58. The van der Waals surface area contributed by atoms with Crippen LogP contribution in [-0.4, -0.2) is 45.8 Å². The molecule has 0 spiro atoms. The molecule has 4 nitrogen and oxygen atoms in total. The molecular formula is C19H30O4S. The fourth-order valence-corrected chi connectivity index (χ4v) is 4.63. The molecule has 136 valence electrons. The highest BCUT2D eigenvalue weighted by Gasteiger charge is 2.24. The van der Waals surface area contributed by atoms with Gasteiger partial charge >= 0.3 is 0 Å². The van der Waals surface area contributed by atoms with E-state index in [0.717, 1.165) is 38.9 Å². The summed E-state index contributed by atoms with van der Waals surface area (Å²) < 4.78 is 34.3. The lowest BCUT2D eigenvalue weighted by Crippen LogP contribution is -2.27. The molecule has 1 aliphatic rings. The Labute approximate surface area is 146 Å². The van der Waals surface area contributed by atoms with Crippen LogP contribution in [-0.2, 0) is 32.2 Å². The van der Waals surface area contributed by atoms with Gasteiger partial charge in [-0.3, -0.25) is 0 Å². The molecule has 1 aliphatic heterocycles. The van der Waals surface area contributed by atoms with Crippen LogP contribution in [0.4, 0.5) is 0 Å². The van der Waals surface area contributed by atoms with Crippen molar-refractivity contribution in [3.63, 3.8) is 0 Å². The predicted molar refractivity (Wildman–Crippen MR) is 97.1 cm³/mol. The molecule has 0 aliphatic carbocycles. The number of ether oxygens (including phenoxy) is 2. The van der Waals surface area contributed by atoms with Crippen LogP contribution in [0.1, 0.15) is 37.8 Å². The molecule has 24 heavy (non-hydrogen) atoms. The van der Waals surface area contributed by atoms with Crippen LogP contribution in [0.3, 0.4) is 0 Å². The summed E-state index contributed by atoms with van der Waals surface area (Å²) in [5.74, 6) is 1.02. The third kappa shape index (κ3) is 6.91. The maximum absolute atomic E-state index is 11.5. The summed E-state index contributed by atoms with van der Waals surface area (Å²) in [6.07, 6.45) is 3.44. The van der Waals surface area contributed by atoms with Gasteiger partial charge in [-0.2, -0.15) is 0 Å². The van der Waals surface area contributed by atoms with E-state index in [4.69, 9.17) is 9.47 Å². The lowest BCUT2D eigenvalue weighted by Gasteiger charge is -2.23. The Kier molecular flexibility index (Phi) is 7.72. The second-order valence-corrected chi connectivity index (χ2v) is 9.01. The molecule has 0 aromatic heterocycles. The van der Waals surface area contributed by atoms with Gasteiger partial charge in [-0.25, -0.2) is 8.42 Å². The summed E-state index contributed by atoms with van der Waals surface area (Å²) >= 11 is 0. The second kappa shape index (κ2) is 9.54. The number of rotatable bonds is 9. The lowest BCUT2D eigenvalue weighted by molar-refractivity contribution is 0.0382. The quantitative estimate of drug-likeness (QED) is 0.640. The highest BCUT2D eigenvalue weighted by Crippen LogP contribution is 2.20. The van der Waals surface area contributed by atoms with Crippen molar-refractivity contribution in [2.24, 2.45) is 5.92 Å². The Hall–Kier alpha value is -0.910. The Morgan fingerprint density at radius 1 is 1.21 bits per heavy atom. The fourth-order valence-electron chi connectivity index (χ4n) is 3.04. The van der Waals surface area contributed by atoms with E-state index in [1.807, 2.05) is 6.92 Å². The molecule has 0 radical (unpaired) electrons. The van der Waals surface area contributed by atoms with Gasteiger partial charge in [0, 0.05) is 13.2 Å². The smallest absolute Gasteiger partial charge is 0.150 e. The van der Waals surface area contributed by atoms with Crippen molar-refractivity contribution in [3.05, 3.63) is 35.4 Å².